The minimum Gasteiger partial charge on any atom is -0.454 e. The van der Waals surface area contributed by atoms with E-state index in [1.807, 2.05) is 55.5 Å². The highest BCUT2D eigenvalue weighted by Gasteiger charge is 2.36. The molecule has 1 aromatic heterocycles. The summed E-state index contributed by atoms with van der Waals surface area (Å²) in [5, 5.41) is 7.41. The van der Waals surface area contributed by atoms with E-state index in [0.717, 1.165) is 30.5 Å². The summed E-state index contributed by atoms with van der Waals surface area (Å²) in [6.45, 7) is 9.95. The van der Waals surface area contributed by atoms with Crippen molar-refractivity contribution in [2.45, 2.75) is 45.4 Å². The van der Waals surface area contributed by atoms with Gasteiger partial charge in [0.15, 0.2) is 12.1 Å². The number of aromatic nitrogens is 2. The van der Waals surface area contributed by atoms with E-state index in [9.17, 15) is 9.18 Å². The van der Waals surface area contributed by atoms with Crippen LogP contribution in [0.3, 0.4) is 0 Å². The molecule has 2 heterocycles. The fourth-order valence-corrected chi connectivity index (χ4v) is 4.92. The predicted molar refractivity (Wildman–Crippen MR) is 149 cm³/mol. The molecule has 39 heavy (non-hydrogen) atoms. The number of piperidine rings is 1. The molecule has 0 amide bonds. The zero-order valence-corrected chi connectivity index (χ0v) is 22.5. The minimum absolute atomic E-state index is 0.252. The number of allylic oxidation sites excluding steroid dienone is 5. The smallest absolute Gasteiger partial charge is 0.333 e. The zero-order chi connectivity index (χ0) is 27.6. The molecule has 2 aromatic carbocycles. The Hall–Kier alpha value is -4.04. The maximum atomic E-state index is 13.6. The Morgan fingerprint density at radius 2 is 2.03 bits per heavy atom. The fourth-order valence-electron chi connectivity index (χ4n) is 4.92. The molecule has 4 atom stereocenters. The molecule has 3 aromatic rings. The fraction of sp³-hybridized carbons (Fsp3) is 0.323. The first-order chi connectivity index (χ1) is 19.0. The normalized spacial score (nSPS) is 20.5. The van der Waals surface area contributed by atoms with Crippen molar-refractivity contribution < 1.29 is 23.3 Å². The SMILES string of the molecule is C=C/C=C(\C=C/C)c1nc(C[NH+]2CCC(CC)[C@@H](OC(=O)[C@H](Nc3ccc(F)cc3)c3ccccc3)C2)no1. The molecule has 1 aliphatic heterocycles. The Kier molecular flexibility index (Phi) is 9.80. The van der Waals surface area contributed by atoms with Crippen LogP contribution in [0.15, 0.2) is 90.0 Å². The standard InChI is InChI=1S/C31H35FN4O3/c1-4-10-24(11-5-2)30-34-28(35-39-30)21-36-19-18-22(6-3)27(20-36)38-31(37)29(23-12-8-7-9-13-23)33-26-16-14-25(32)15-17-26/h4-5,7-17,22,27,29,33H,1,6,18-21H2,2-3H3/p+1/b11-5-,24-10+/t22?,27-,29+/m0/s1. The van der Waals surface area contributed by atoms with E-state index in [2.05, 4.69) is 29.0 Å². The van der Waals surface area contributed by atoms with Crippen LogP contribution in [-0.4, -0.2) is 35.3 Å². The first-order valence-corrected chi connectivity index (χ1v) is 13.4. The van der Waals surface area contributed by atoms with E-state index >= 15 is 0 Å². The van der Waals surface area contributed by atoms with Gasteiger partial charge in [-0.05, 0) is 43.2 Å². The van der Waals surface area contributed by atoms with Gasteiger partial charge in [-0.1, -0.05) is 73.3 Å². The number of benzene rings is 2. The van der Waals surface area contributed by atoms with Gasteiger partial charge < -0.3 is 19.5 Å². The van der Waals surface area contributed by atoms with E-state index in [0.29, 0.717) is 30.5 Å². The monoisotopic (exact) mass is 531 g/mol. The first-order valence-electron chi connectivity index (χ1n) is 13.4. The number of carbonyl (C=O) groups excluding carboxylic acids is 1. The van der Waals surface area contributed by atoms with Crippen LogP contribution < -0.4 is 10.2 Å². The number of ether oxygens (including phenoxy) is 1. The lowest BCUT2D eigenvalue weighted by atomic mass is 9.91. The third-order valence-corrected chi connectivity index (χ3v) is 6.97. The van der Waals surface area contributed by atoms with Crippen LogP contribution in [0, 0.1) is 11.7 Å². The molecule has 204 valence electrons. The summed E-state index contributed by atoms with van der Waals surface area (Å²) >= 11 is 0. The number of nitrogens with one attached hydrogen (secondary N) is 2. The summed E-state index contributed by atoms with van der Waals surface area (Å²) in [5.41, 5.74) is 2.22. The van der Waals surface area contributed by atoms with E-state index in [1.54, 1.807) is 18.2 Å². The average molecular weight is 532 g/mol. The number of rotatable bonds is 11. The van der Waals surface area contributed by atoms with Crippen molar-refractivity contribution in [2.75, 3.05) is 18.4 Å². The van der Waals surface area contributed by atoms with Crippen LogP contribution in [0.25, 0.3) is 5.57 Å². The molecule has 2 unspecified atom stereocenters. The maximum Gasteiger partial charge on any atom is 0.333 e. The summed E-state index contributed by atoms with van der Waals surface area (Å²) < 4.78 is 25.1. The van der Waals surface area contributed by atoms with Crippen molar-refractivity contribution in [1.29, 1.82) is 0 Å². The van der Waals surface area contributed by atoms with E-state index in [1.165, 1.54) is 17.0 Å². The van der Waals surface area contributed by atoms with Gasteiger partial charge in [-0.2, -0.15) is 4.98 Å². The van der Waals surface area contributed by atoms with Gasteiger partial charge in [0.2, 0.25) is 5.82 Å². The Balaban J connectivity index is 1.47. The highest BCUT2D eigenvalue weighted by atomic mass is 19.1. The Morgan fingerprint density at radius 3 is 2.72 bits per heavy atom. The topological polar surface area (TPSA) is 81.7 Å². The van der Waals surface area contributed by atoms with Gasteiger partial charge in [-0.15, -0.1) is 0 Å². The molecular weight excluding hydrogens is 495 g/mol. The Bertz CT molecular complexity index is 1290. The van der Waals surface area contributed by atoms with Crippen LogP contribution in [0.2, 0.25) is 0 Å². The number of hydrogen-bond acceptors (Lipinski definition) is 6. The molecule has 0 spiro atoms. The molecule has 0 radical (unpaired) electrons. The molecule has 1 aliphatic rings. The van der Waals surface area contributed by atoms with Crippen LogP contribution in [-0.2, 0) is 16.1 Å². The van der Waals surface area contributed by atoms with Crippen molar-refractivity contribution in [3.05, 3.63) is 109 Å². The molecular formula is C31H36FN4O3+. The number of nitrogens with zero attached hydrogens (tertiary/aromatic N) is 2. The van der Waals surface area contributed by atoms with Gasteiger partial charge in [0.25, 0.3) is 5.89 Å². The summed E-state index contributed by atoms with van der Waals surface area (Å²) in [6, 6.07) is 14.7. The second kappa shape index (κ2) is 13.7. The Morgan fingerprint density at radius 1 is 1.26 bits per heavy atom. The number of carbonyl (C=O) groups is 1. The van der Waals surface area contributed by atoms with Gasteiger partial charge in [-0.3, -0.25) is 0 Å². The third-order valence-electron chi connectivity index (χ3n) is 6.97. The van der Waals surface area contributed by atoms with E-state index in [-0.39, 0.29) is 23.8 Å². The molecule has 0 saturated carbocycles. The predicted octanol–water partition coefficient (Wildman–Crippen LogP) is 4.93. The van der Waals surface area contributed by atoms with Gasteiger partial charge in [0, 0.05) is 23.6 Å². The molecule has 7 nitrogen and oxygen atoms in total. The van der Waals surface area contributed by atoms with Crippen LogP contribution in [0.1, 0.15) is 50.0 Å². The number of anilines is 1. The lowest BCUT2D eigenvalue weighted by Gasteiger charge is -2.35. The molecule has 8 heteroatoms. The second-order valence-corrected chi connectivity index (χ2v) is 9.68. The molecule has 1 fully saturated rings. The first kappa shape index (κ1) is 28.0. The number of quaternary nitrogens is 1. The maximum absolute atomic E-state index is 13.6. The summed E-state index contributed by atoms with van der Waals surface area (Å²) in [6.07, 6.45) is 8.91. The highest BCUT2D eigenvalue weighted by Crippen LogP contribution is 2.25. The molecule has 4 rings (SSSR count). The molecule has 1 saturated heterocycles. The summed E-state index contributed by atoms with van der Waals surface area (Å²) in [5.74, 6) is 0.630. The van der Waals surface area contributed by atoms with Gasteiger partial charge in [0.05, 0.1) is 6.54 Å². The van der Waals surface area contributed by atoms with Crippen molar-refractivity contribution in [2.24, 2.45) is 5.92 Å². The minimum atomic E-state index is -0.721. The van der Waals surface area contributed by atoms with Crippen molar-refractivity contribution in [3.63, 3.8) is 0 Å². The van der Waals surface area contributed by atoms with Crippen molar-refractivity contribution in [3.8, 4) is 0 Å². The van der Waals surface area contributed by atoms with Gasteiger partial charge in [0.1, 0.15) is 18.9 Å². The van der Waals surface area contributed by atoms with Crippen LogP contribution in [0.5, 0.6) is 0 Å². The number of hydrogen-bond donors (Lipinski definition) is 2. The average Bonchev–Trinajstić information content (AvgIpc) is 3.41. The summed E-state index contributed by atoms with van der Waals surface area (Å²) in [4.78, 5) is 19.4. The lowest BCUT2D eigenvalue weighted by molar-refractivity contribution is -0.923. The third kappa shape index (κ3) is 7.51. The molecule has 0 aliphatic carbocycles. The van der Waals surface area contributed by atoms with Crippen molar-refractivity contribution in [1.82, 2.24) is 10.1 Å². The zero-order valence-electron chi connectivity index (χ0n) is 22.5. The molecule has 2 N–H and O–H groups in total. The van der Waals surface area contributed by atoms with Gasteiger partial charge >= 0.3 is 5.97 Å². The Labute approximate surface area is 229 Å². The molecule has 0 bridgehead atoms. The van der Waals surface area contributed by atoms with Crippen molar-refractivity contribution >= 4 is 17.2 Å². The lowest BCUT2D eigenvalue weighted by Crippen LogP contribution is -3.13. The number of esters is 1. The van der Waals surface area contributed by atoms with E-state index in [4.69, 9.17) is 9.26 Å². The van der Waals surface area contributed by atoms with E-state index < -0.39 is 6.04 Å². The highest BCUT2D eigenvalue weighted by molar-refractivity contribution is 5.81. The number of likely N-dealkylation sites (tertiary alicyclic amines) is 1. The number of halogens is 1. The second-order valence-electron chi connectivity index (χ2n) is 9.68. The van der Waals surface area contributed by atoms with Crippen LogP contribution in [0.4, 0.5) is 10.1 Å². The summed E-state index contributed by atoms with van der Waals surface area (Å²) in [7, 11) is 0. The quantitative estimate of drug-likeness (QED) is 0.270. The van der Waals surface area contributed by atoms with Crippen LogP contribution >= 0.6 is 0 Å². The van der Waals surface area contributed by atoms with Gasteiger partial charge in [-0.25, -0.2) is 9.18 Å². The largest absolute Gasteiger partial charge is 0.454 e.